The van der Waals surface area contributed by atoms with Crippen LogP contribution in [0.25, 0.3) is 11.0 Å². The van der Waals surface area contributed by atoms with Gasteiger partial charge in [-0.15, -0.1) is 24.8 Å². The van der Waals surface area contributed by atoms with Crippen LogP contribution in [0.1, 0.15) is 25.1 Å². The Bertz CT molecular complexity index is 628. The highest BCUT2D eigenvalue weighted by Crippen LogP contribution is 2.36. The van der Waals surface area contributed by atoms with Crippen molar-refractivity contribution in [2.24, 2.45) is 5.41 Å². The zero-order chi connectivity index (χ0) is 15.0. The molecule has 3 N–H and O–H groups in total. The standard InChI is InChI=1S/C17H24N4O.2ClH/c22-15-6-8-18-11-17(15)7-3-9-21(12-17)10-16-19-13-4-1-2-5-14(13)20-16;;/h1-2,4-5,15,18,22H,3,6-12H2,(H,19,20);2*1H/t15-,17-;;/m0../s1. The van der Waals surface area contributed by atoms with E-state index in [0.29, 0.717) is 0 Å². The lowest BCUT2D eigenvalue weighted by Gasteiger charge is -2.48. The number of halogens is 2. The summed E-state index contributed by atoms with van der Waals surface area (Å²) < 4.78 is 0. The fraction of sp³-hybridized carbons (Fsp3) is 0.588. The number of likely N-dealkylation sites (tertiary alicyclic amines) is 1. The van der Waals surface area contributed by atoms with E-state index < -0.39 is 0 Å². The highest BCUT2D eigenvalue weighted by Gasteiger charge is 2.43. The van der Waals surface area contributed by atoms with E-state index in [-0.39, 0.29) is 36.3 Å². The maximum absolute atomic E-state index is 10.5. The number of hydrogen-bond acceptors (Lipinski definition) is 4. The van der Waals surface area contributed by atoms with Crippen LogP contribution in [-0.4, -0.2) is 52.3 Å². The van der Waals surface area contributed by atoms with Gasteiger partial charge in [0, 0.05) is 18.5 Å². The molecule has 2 aromatic rings. The number of hydrogen-bond donors (Lipinski definition) is 3. The minimum Gasteiger partial charge on any atom is -0.392 e. The van der Waals surface area contributed by atoms with Crippen LogP contribution in [-0.2, 0) is 6.54 Å². The fourth-order valence-electron chi connectivity index (χ4n) is 4.10. The van der Waals surface area contributed by atoms with Crippen LogP contribution in [0, 0.1) is 5.41 Å². The van der Waals surface area contributed by atoms with Gasteiger partial charge in [0.25, 0.3) is 0 Å². The van der Waals surface area contributed by atoms with Crippen LogP contribution < -0.4 is 5.32 Å². The predicted molar refractivity (Wildman–Crippen MR) is 101 cm³/mol. The van der Waals surface area contributed by atoms with Gasteiger partial charge in [-0.1, -0.05) is 12.1 Å². The first-order chi connectivity index (χ1) is 10.8. The van der Waals surface area contributed by atoms with Crippen LogP contribution >= 0.6 is 24.8 Å². The molecule has 2 fully saturated rings. The number of para-hydroxylation sites is 2. The molecule has 0 radical (unpaired) electrons. The first kappa shape index (κ1) is 19.5. The van der Waals surface area contributed by atoms with E-state index in [2.05, 4.69) is 26.3 Å². The maximum atomic E-state index is 10.5. The summed E-state index contributed by atoms with van der Waals surface area (Å²) in [6, 6.07) is 8.16. The van der Waals surface area contributed by atoms with E-state index in [1.807, 2.05) is 18.2 Å². The van der Waals surface area contributed by atoms with Crippen molar-refractivity contribution in [1.82, 2.24) is 20.2 Å². The van der Waals surface area contributed by atoms with Crippen LogP contribution in [0.15, 0.2) is 24.3 Å². The number of aliphatic hydroxyl groups excluding tert-OH is 1. The van der Waals surface area contributed by atoms with Crippen LogP contribution in [0.3, 0.4) is 0 Å². The Labute approximate surface area is 155 Å². The molecule has 1 aromatic heterocycles. The van der Waals surface area contributed by atoms with Gasteiger partial charge in [-0.3, -0.25) is 4.90 Å². The van der Waals surface area contributed by atoms with Crippen LogP contribution in [0.2, 0.25) is 0 Å². The van der Waals surface area contributed by atoms with Crippen LogP contribution in [0.5, 0.6) is 0 Å². The molecule has 4 rings (SSSR count). The van der Waals surface area contributed by atoms with Crippen molar-refractivity contribution in [3.63, 3.8) is 0 Å². The van der Waals surface area contributed by atoms with Gasteiger partial charge in [-0.2, -0.15) is 0 Å². The average Bonchev–Trinajstić information content (AvgIpc) is 2.93. The molecule has 7 heteroatoms. The Hall–Kier alpha value is -0.850. The van der Waals surface area contributed by atoms with Gasteiger partial charge in [0.2, 0.25) is 0 Å². The molecular weight excluding hydrogens is 347 g/mol. The van der Waals surface area contributed by atoms with Gasteiger partial charge in [-0.25, -0.2) is 4.98 Å². The summed E-state index contributed by atoms with van der Waals surface area (Å²) in [5, 5.41) is 14.0. The second kappa shape index (κ2) is 8.02. The van der Waals surface area contributed by atoms with E-state index in [4.69, 9.17) is 0 Å². The molecule has 0 unspecified atom stereocenters. The van der Waals surface area contributed by atoms with Crippen molar-refractivity contribution in [2.75, 3.05) is 26.2 Å². The minimum absolute atomic E-state index is 0. The lowest BCUT2D eigenvalue weighted by Crippen LogP contribution is -2.57. The van der Waals surface area contributed by atoms with Crippen LogP contribution in [0.4, 0.5) is 0 Å². The fourth-order valence-corrected chi connectivity index (χ4v) is 4.10. The van der Waals surface area contributed by atoms with E-state index in [1.165, 1.54) is 0 Å². The lowest BCUT2D eigenvalue weighted by atomic mass is 9.72. The highest BCUT2D eigenvalue weighted by atomic mass is 35.5. The molecule has 2 aliphatic heterocycles. The molecule has 1 spiro atoms. The van der Waals surface area contributed by atoms with Crippen molar-refractivity contribution in [2.45, 2.75) is 31.9 Å². The number of fused-ring (bicyclic) bond motifs is 1. The second-order valence-electron chi connectivity index (χ2n) is 6.86. The molecule has 134 valence electrons. The molecule has 24 heavy (non-hydrogen) atoms. The molecule has 2 atom stereocenters. The summed E-state index contributed by atoms with van der Waals surface area (Å²) in [4.78, 5) is 10.5. The molecule has 2 saturated heterocycles. The van der Waals surface area contributed by atoms with Gasteiger partial charge in [0.1, 0.15) is 5.82 Å². The number of nitrogens with one attached hydrogen (secondary N) is 2. The molecule has 5 nitrogen and oxygen atoms in total. The van der Waals surface area contributed by atoms with E-state index in [0.717, 1.165) is 68.8 Å². The van der Waals surface area contributed by atoms with Gasteiger partial charge < -0.3 is 15.4 Å². The second-order valence-corrected chi connectivity index (χ2v) is 6.86. The summed E-state index contributed by atoms with van der Waals surface area (Å²) in [7, 11) is 0. The summed E-state index contributed by atoms with van der Waals surface area (Å²) in [5.74, 6) is 1.02. The number of H-pyrrole nitrogens is 1. The highest BCUT2D eigenvalue weighted by molar-refractivity contribution is 5.85. The van der Waals surface area contributed by atoms with Gasteiger partial charge in [-0.05, 0) is 44.5 Å². The number of rotatable bonds is 2. The number of nitrogens with zero attached hydrogens (tertiary/aromatic N) is 2. The van der Waals surface area contributed by atoms with Gasteiger partial charge in [0.15, 0.2) is 0 Å². The van der Waals surface area contributed by atoms with Crippen molar-refractivity contribution in [3.8, 4) is 0 Å². The molecule has 0 aliphatic carbocycles. The normalized spacial score (nSPS) is 27.6. The number of aromatic nitrogens is 2. The van der Waals surface area contributed by atoms with Crippen molar-refractivity contribution >= 4 is 35.8 Å². The zero-order valence-electron chi connectivity index (χ0n) is 13.7. The largest absolute Gasteiger partial charge is 0.392 e. The van der Waals surface area contributed by atoms with E-state index in [9.17, 15) is 5.11 Å². The van der Waals surface area contributed by atoms with Gasteiger partial charge in [0.05, 0.1) is 23.7 Å². The van der Waals surface area contributed by atoms with E-state index >= 15 is 0 Å². The molecule has 2 aliphatic rings. The number of imidazole rings is 1. The number of aromatic amines is 1. The lowest BCUT2D eigenvalue weighted by molar-refractivity contribution is -0.0518. The predicted octanol–water partition coefficient (Wildman–Crippen LogP) is 2.34. The Morgan fingerprint density at radius 2 is 2.12 bits per heavy atom. The Morgan fingerprint density at radius 1 is 1.29 bits per heavy atom. The minimum atomic E-state index is -0.174. The summed E-state index contributed by atoms with van der Waals surface area (Å²) in [6.07, 6.45) is 2.97. The average molecular weight is 373 g/mol. The molecule has 0 saturated carbocycles. The van der Waals surface area contributed by atoms with Crippen molar-refractivity contribution < 1.29 is 5.11 Å². The molecule has 0 bridgehead atoms. The zero-order valence-corrected chi connectivity index (χ0v) is 15.3. The third-order valence-electron chi connectivity index (χ3n) is 5.28. The number of benzene rings is 1. The Kier molecular flexibility index (Phi) is 6.51. The smallest absolute Gasteiger partial charge is 0.121 e. The first-order valence-electron chi connectivity index (χ1n) is 8.30. The number of aliphatic hydroxyl groups is 1. The van der Waals surface area contributed by atoms with Gasteiger partial charge >= 0.3 is 0 Å². The third-order valence-corrected chi connectivity index (χ3v) is 5.28. The maximum Gasteiger partial charge on any atom is 0.121 e. The molecular formula is C17H26Cl2N4O. The topological polar surface area (TPSA) is 64.2 Å². The third kappa shape index (κ3) is 3.70. The monoisotopic (exact) mass is 372 g/mol. The summed E-state index contributed by atoms with van der Waals surface area (Å²) >= 11 is 0. The quantitative estimate of drug-likeness (QED) is 0.756. The van der Waals surface area contributed by atoms with Crippen molar-refractivity contribution in [3.05, 3.63) is 30.1 Å². The Morgan fingerprint density at radius 3 is 2.92 bits per heavy atom. The molecule has 1 aromatic carbocycles. The molecule has 3 heterocycles. The number of piperidine rings is 2. The summed E-state index contributed by atoms with van der Waals surface area (Å²) in [6.45, 7) is 4.75. The van der Waals surface area contributed by atoms with E-state index in [1.54, 1.807) is 0 Å². The summed E-state index contributed by atoms with van der Waals surface area (Å²) in [5.41, 5.74) is 2.16. The molecule has 0 amide bonds. The van der Waals surface area contributed by atoms with Crippen molar-refractivity contribution in [1.29, 1.82) is 0 Å². The first-order valence-corrected chi connectivity index (χ1v) is 8.30. The Balaban J connectivity index is 0.00000104. The SMILES string of the molecule is Cl.Cl.O[C@H]1CCNC[C@]12CCCN(Cc1nc3ccccc3[nH]1)C2.